The summed E-state index contributed by atoms with van der Waals surface area (Å²) in [6, 6.07) is 9.58. The third-order valence-electron chi connectivity index (χ3n) is 8.38. The average Bonchev–Trinajstić information content (AvgIpc) is 3.58. The van der Waals surface area contributed by atoms with Crippen molar-refractivity contribution in [3.8, 4) is 11.5 Å². The normalized spacial score (nSPS) is 19.2. The van der Waals surface area contributed by atoms with Crippen molar-refractivity contribution < 1.29 is 14.3 Å². The van der Waals surface area contributed by atoms with Gasteiger partial charge in [0.15, 0.2) is 11.5 Å². The standard InChI is InChI=1S/C30H33Cl2N3O3/c31-25-3-1-21(15-26(25)32)2-4-30(36)35-13-6-20(7-14-35)5-10-34-11-8-22(9-12-34)24-18-33-27-17-29-28(16-23(24)27)37-19-38-29/h1-4,15-18,20,22,33H,5-14,19H2/b4-2+. The van der Waals surface area contributed by atoms with Crippen LogP contribution in [0.3, 0.4) is 0 Å². The molecule has 0 spiro atoms. The lowest BCUT2D eigenvalue weighted by Crippen LogP contribution is -2.39. The molecule has 4 heterocycles. The second-order valence-electron chi connectivity index (χ2n) is 10.7. The molecule has 200 valence electrons. The first kappa shape index (κ1) is 25.6. The van der Waals surface area contributed by atoms with Gasteiger partial charge in [0.25, 0.3) is 0 Å². The number of carbonyl (C=O) groups is 1. The molecular weight excluding hydrogens is 521 g/mol. The molecule has 3 aliphatic rings. The number of ether oxygens (including phenoxy) is 2. The summed E-state index contributed by atoms with van der Waals surface area (Å²) < 4.78 is 11.1. The number of benzene rings is 2. The molecule has 6 rings (SSSR count). The second kappa shape index (κ2) is 11.2. The highest BCUT2D eigenvalue weighted by atomic mass is 35.5. The molecule has 0 radical (unpaired) electrons. The Morgan fingerprint density at radius 2 is 1.74 bits per heavy atom. The van der Waals surface area contributed by atoms with Gasteiger partial charge < -0.3 is 24.3 Å². The van der Waals surface area contributed by atoms with Crippen molar-refractivity contribution in [3.05, 3.63) is 63.8 Å². The minimum Gasteiger partial charge on any atom is -0.454 e. The quantitative estimate of drug-likeness (QED) is 0.344. The van der Waals surface area contributed by atoms with Crippen LogP contribution in [-0.2, 0) is 4.79 Å². The Morgan fingerprint density at radius 1 is 0.974 bits per heavy atom. The molecule has 3 aromatic rings. The van der Waals surface area contributed by atoms with E-state index in [1.165, 1.54) is 30.2 Å². The Kier molecular flexibility index (Phi) is 7.55. The monoisotopic (exact) mass is 553 g/mol. The molecule has 0 aliphatic carbocycles. The smallest absolute Gasteiger partial charge is 0.246 e. The highest BCUT2D eigenvalue weighted by Crippen LogP contribution is 2.40. The summed E-state index contributed by atoms with van der Waals surface area (Å²) in [6.07, 6.45) is 11.4. The number of likely N-dealkylation sites (tertiary alicyclic amines) is 2. The molecule has 2 fully saturated rings. The van der Waals surface area contributed by atoms with E-state index in [4.69, 9.17) is 32.7 Å². The first-order chi connectivity index (χ1) is 18.5. The van der Waals surface area contributed by atoms with Crippen LogP contribution in [0.2, 0.25) is 10.0 Å². The maximum absolute atomic E-state index is 12.7. The van der Waals surface area contributed by atoms with E-state index in [0.29, 0.717) is 28.7 Å². The number of aromatic amines is 1. The highest BCUT2D eigenvalue weighted by Gasteiger charge is 2.26. The van der Waals surface area contributed by atoms with E-state index in [0.717, 1.165) is 68.1 Å². The van der Waals surface area contributed by atoms with Gasteiger partial charge >= 0.3 is 0 Å². The van der Waals surface area contributed by atoms with Gasteiger partial charge in [0.05, 0.1) is 10.0 Å². The number of piperidine rings is 2. The number of carbonyl (C=O) groups excluding carboxylic acids is 1. The number of amides is 1. The zero-order valence-electron chi connectivity index (χ0n) is 21.4. The van der Waals surface area contributed by atoms with E-state index in [2.05, 4.69) is 28.2 Å². The van der Waals surface area contributed by atoms with Gasteiger partial charge in [-0.25, -0.2) is 0 Å². The maximum atomic E-state index is 12.7. The first-order valence-corrected chi connectivity index (χ1v) is 14.3. The van der Waals surface area contributed by atoms with Crippen LogP contribution in [0.5, 0.6) is 11.5 Å². The number of nitrogens with one attached hydrogen (secondary N) is 1. The molecule has 1 aromatic heterocycles. The lowest BCUT2D eigenvalue weighted by Gasteiger charge is -2.35. The second-order valence-corrected chi connectivity index (χ2v) is 11.5. The number of nitrogens with zero attached hydrogens (tertiary/aromatic N) is 2. The Labute approximate surface area is 233 Å². The Balaban J connectivity index is 0.939. The molecular formula is C30H33Cl2N3O3. The van der Waals surface area contributed by atoms with E-state index in [-0.39, 0.29) is 5.91 Å². The van der Waals surface area contributed by atoms with E-state index < -0.39 is 0 Å². The molecule has 38 heavy (non-hydrogen) atoms. The van der Waals surface area contributed by atoms with Gasteiger partial charge in [-0.05, 0) is 99.0 Å². The van der Waals surface area contributed by atoms with Crippen molar-refractivity contribution in [2.45, 2.75) is 38.0 Å². The predicted molar refractivity (Wildman–Crippen MR) is 152 cm³/mol. The number of H-pyrrole nitrogens is 1. The number of hydrogen-bond acceptors (Lipinski definition) is 4. The van der Waals surface area contributed by atoms with Crippen LogP contribution in [0.1, 0.15) is 49.1 Å². The van der Waals surface area contributed by atoms with E-state index in [1.54, 1.807) is 18.2 Å². The molecule has 0 atom stereocenters. The first-order valence-electron chi connectivity index (χ1n) is 13.6. The van der Waals surface area contributed by atoms with Gasteiger partial charge in [-0.15, -0.1) is 0 Å². The van der Waals surface area contributed by atoms with Crippen LogP contribution in [-0.4, -0.2) is 60.2 Å². The summed E-state index contributed by atoms with van der Waals surface area (Å²) in [6.45, 7) is 5.39. The molecule has 8 heteroatoms. The number of fused-ring (bicyclic) bond motifs is 2. The summed E-state index contributed by atoms with van der Waals surface area (Å²) in [4.78, 5) is 20.7. The van der Waals surface area contributed by atoms with E-state index >= 15 is 0 Å². The van der Waals surface area contributed by atoms with Crippen molar-refractivity contribution in [1.29, 1.82) is 0 Å². The van der Waals surface area contributed by atoms with Gasteiger partial charge in [0, 0.05) is 42.3 Å². The van der Waals surface area contributed by atoms with Gasteiger partial charge in [0.2, 0.25) is 12.7 Å². The van der Waals surface area contributed by atoms with Crippen LogP contribution < -0.4 is 9.47 Å². The van der Waals surface area contributed by atoms with Crippen LogP contribution in [0.4, 0.5) is 0 Å². The minimum absolute atomic E-state index is 0.0675. The van der Waals surface area contributed by atoms with Crippen LogP contribution in [0.15, 0.2) is 42.6 Å². The van der Waals surface area contributed by atoms with Gasteiger partial charge in [0.1, 0.15) is 0 Å². The number of rotatable bonds is 6. The van der Waals surface area contributed by atoms with Crippen molar-refractivity contribution in [3.63, 3.8) is 0 Å². The largest absolute Gasteiger partial charge is 0.454 e. The summed E-state index contributed by atoms with van der Waals surface area (Å²) in [5.74, 6) is 3.01. The molecule has 1 amide bonds. The molecule has 0 saturated carbocycles. The lowest BCUT2D eigenvalue weighted by molar-refractivity contribution is -0.127. The van der Waals surface area contributed by atoms with Crippen molar-refractivity contribution in [2.24, 2.45) is 5.92 Å². The molecule has 0 bridgehead atoms. The predicted octanol–water partition coefficient (Wildman–Crippen LogP) is 6.72. The summed E-state index contributed by atoms with van der Waals surface area (Å²) in [5.41, 5.74) is 3.41. The zero-order valence-corrected chi connectivity index (χ0v) is 22.9. The third kappa shape index (κ3) is 5.54. The fourth-order valence-corrected chi connectivity index (χ4v) is 6.34. The van der Waals surface area contributed by atoms with Gasteiger partial charge in [-0.2, -0.15) is 0 Å². The summed E-state index contributed by atoms with van der Waals surface area (Å²) in [5, 5.41) is 2.28. The molecule has 2 saturated heterocycles. The van der Waals surface area contributed by atoms with Crippen LogP contribution in [0.25, 0.3) is 17.0 Å². The van der Waals surface area contributed by atoms with Gasteiger partial charge in [-0.1, -0.05) is 29.3 Å². The fraction of sp³-hybridized carbons (Fsp3) is 0.433. The van der Waals surface area contributed by atoms with Crippen molar-refractivity contribution >= 4 is 46.1 Å². The SMILES string of the molecule is O=C(/C=C/c1ccc(Cl)c(Cl)c1)N1CCC(CCN2CCC(c3c[nH]c4cc5c(cc34)OCO5)CC2)CC1. The Morgan fingerprint density at radius 3 is 2.50 bits per heavy atom. The summed E-state index contributed by atoms with van der Waals surface area (Å²) in [7, 11) is 0. The summed E-state index contributed by atoms with van der Waals surface area (Å²) >= 11 is 12.0. The Hall–Kier alpha value is -2.67. The third-order valence-corrected chi connectivity index (χ3v) is 9.12. The molecule has 3 aliphatic heterocycles. The average molecular weight is 555 g/mol. The molecule has 6 nitrogen and oxygen atoms in total. The maximum Gasteiger partial charge on any atom is 0.246 e. The number of halogens is 2. The molecule has 0 unspecified atom stereocenters. The minimum atomic E-state index is 0.0675. The highest BCUT2D eigenvalue weighted by molar-refractivity contribution is 6.42. The topological polar surface area (TPSA) is 57.8 Å². The molecule has 1 N–H and O–H groups in total. The van der Waals surface area contributed by atoms with Crippen molar-refractivity contribution in [1.82, 2.24) is 14.8 Å². The zero-order chi connectivity index (χ0) is 26.1. The van der Waals surface area contributed by atoms with Gasteiger partial charge in [-0.3, -0.25) is 4.79 Å². The van der Waals surface area contributed by atoms with E-state index in [9.17, 15) is 4.79 Å². The van der Waals surface area contributed by atoms with Crippen LogP contribution in [0, 0.1) is 5.92 Å². The Bertz CT molecular complexity index is 1340. The number of aromatic nitrogens is 1. The van der Waals surface area contributed by atoms with Crippen LogP contribution >= 0.6 is 23.2 Å². The molecule has 2 aromatic carbocycles. The van der Waals surface area contributed by atoms with E-state index in [1.807, 2.05) is 17.0 Å². The lowest BCUT2D eigenvalue weighted by atomic mass is 9.88. The van der Waals surface area contributed by atoms with Crippen molar-refractivity contribution in [2.75, 3.05) is 39.5 Å². The number of hydrogen-bond donors (Lipinski definition) is 1. The fourth-order valence-electron chi connectivity index (χ4n) is 6.03.